The van der Waals surface area contributed by atoms with Gasteiger partial charge in [0.05, 0.1) is 28.1 Å². The first kappa shape index (κ1) is 22.2. The Balaban J connectivity index is 1.24. The molecule has 0 amide bonds. The summed E-state index contributed by atoms with van der Waals surface area (Å²) in [5.74, 6) is 0. The van der Waals surface area contributed by atoms with Crippen LogP contribution in [0.5, 0.6) is 0 Å². The standard InChI is InChI=1S/C36H22N4O/c1-4-16-30-27(13-1)28-14-2-5-17-31(28)39(30)25-11-7-9-23(19-25)24-10-8-12-26(20-24)40-32-21-37-22-38-35(32)34-29-15-3-6-18-33(29)41-36(34)40/h1-22H. The molecular weight excluding hydrogens is 504 g/mol. The second kappa shape index (κ2) is 8.41. The van der Waals surface area contributed by atoms with E-state index in [1.165, 1.54) is 21.8 Å². The van der Waals surface area contributed by atoms with Crippen LogP contribution in [0.3, 0.4) is 0 Å². The molecule has 9 rings (SSSR count). The highest BCUT2D eigenvalue weighted by Gasteiger charge is 2.20. The van der Waals surface area contributed by atoms with Crippen LogP contribution in [-0.4, -0.2) is 19.1 Å². The van der Waals surface area contributed by atoms with Crippen molar-refractivity contribution < 1.29 is 4.42 Å². The van der Waals surface area contributed by atoms with E-state index >= 15 is 0 Å². The summed E-state index contributed by atoms with van der Waals surface area (Å²) in [7, 11) is 0. The molecule has 5 aromatic carbocycles. The molecule has 4 heterocycles. The zero-order valence-corrected chi connectivity index (χ0v) is 21.9. The third kappa shape index (κ3) is 3.17. The average Bonchev–Trinajstić information content (AvgIpc) is 3.68. The molecule has 192 valence electrons. The van der Waals surface area contributed by atoms with E-state index in [2.05, 4.69) is 122 Å². The molecule has 0 fully saturated rings. The first-order chi connectivity index (χ1) is 20.3. The van der Waals surface area contributed by atoms with Gasteiger partial charge in [-0.3, -0.25) is 4.57 Å². The van der Waals surface area contributed by atoms with Crippen LogP contribution in [0.15, 0.2) is 138 Å². The number of benzene rings is 5. The van der Waals surface area contributed by atoms with Crippen molar-refractivity contribution in [2.24, 2.45) is 0 Å². The summed E-state index contributed by atoms with van der Waals surface area (Å²) >= 11 is 0. The maximum Gasteiger partial charge on any atom is 0.215 e. The number of rotatable bonds is 3. The molecule has 0 spiro atoms. The molecule has 0 radical (unpaired) electrons. The lowest BCUT2D eigenvalue weighted by Crippen LogP contribution is -1.96. The van der Waals surface area contributed by atoms with Crippen molar-refractivity contribution in [3.8, 4) is 22.5 Å². The largest absolute Gasteiger partial charge is 0.439 e. The topological polar surface area (TPSA) is 48.8 Å². The SMILES string of the molecule is c1cc(-c2cccc(-n3c4cncnc4c4c5ccccc5oc43)c2)cc(-n2c3ccccc3c3ccccc32)c1. The van der Waals surface area contributed by atoms with Crippen LogP contribution in [0.25, 0.3) is 77.4 Å². The Morgan fingerprint density at radius 2 is 1.15 bits per heavy atom. The molecule has 0 aliphatic carbocycles. The molecule has 5 heteroatoms. The van der Waals surface area contributed by atoms with Crippen molar-refractivity contribution in [3.63, 3.8) is 0 Å². The fourth-order valence-corrected chi connectivity index (χ4v) is 6.31. The molecule has 41 heavy (non-hydrogen) atoms. The van der Waals surface area contributed by atoms with Crippen LogP contribution in [0.2, 0.25) is 0 Å². The van der Waals surface area contributed by atoms with Crippen LogP contribution < -0.4 is 0 Å². The summed E-state index contributed by atoms with van der Waals surface area (Å²) in [4.78, 5) is 9.00. The molecule has 0 unspecified atom stereocenters. The van der Waals surface area contributed by atoms with Gasteiger partial charge in [-0.2, -0.15) is 0 Å². The van der Waals surface area contributed by atoms with Gasteiger partial charge in [0.15, 0.2) is 0 Å². The summed E-state index contributed by atoms with van der Waals surface area (Å²) in [5, 5.41) is 4.58. The van der Waals surface area contributed by atoms with E-state index in [1.54, 1.807) is 6.33 Å². The van der Waals surface area contributed by atoms with Crippen molar-refractivity contribution in [2.45, 2.75) is 0 Å². The van der Waals surface area contributed by atoms with E-state index in [0.29, 0.717) is 0 Å². The Kier molecular flexibility index (Phi) is 4.55. The van der Waals surface area contributed by atoms with Gasteiger partial charge < -0.3 is 8.98 Å². The summed E-state index contributed by atoms with van der Waals surface area (Å²) in [6.45, 7) is 0. The highest BCUT2D eigenvalue weighted by Crippen LogP contribution is 2.38. The average molecular weight is 527 g/mol. The molecule has 0 bridgehead atoms. The van der Waals surface area contributed by atoms with Crippen LogP contribution >= 0.6 is 0 Å². The van der Waals surface area contributed by atoms with E-state index in [0.717, 1.165) is 55.6 Å². The predicted octanol–water partition coefficient (Wildman–Crippen LogP) is 9.08. The third-order valence-corrected chi connectivity index (χ3v) is 8.07. The number of aromatic nitrogens is 4. The van der Waals surface area contributed by atoms with Crippen molar-refractivity contribution >= 4 is 54.9 Å². The number of nitrogens with zero attached hydrogens (tertiary/aromatic N) is 4. The molecule has 4 aromatic heterocycles. The molecule has 0 saturated heterocycles. The highest BCUT2D eigenvalue weighted by molar-refractivity contribution is 6.18. The molecule has 0 saturated carbocycles. The van der Waals surface area contributed by atoms with Gasteiger partial charge in [0.2, 0.25) is 5.71 Å². The van der Waals surface area contributed by atoms with E-state index in [1.807, 2.05) is 24.4 Å². The second-order valence-electron chi connectivity index (χ2n) is 10.3. The maximum atomic E-state index is 6.41. The summed E-state index contributed by atoms with van der Waals surface area (Å²) in [6, 6.07) is 42.7. The van der Waals surface area contributed by atoms with E-state index in [4.69, 9.17) is 4.42 Å². The van der Waals surface area contributed by atoms with Gasteiger partial charge in [-0.15, -0.1) is 0 Å². The number of para-hydroxylation sites is 3. The Labute approximate surface area is 234 Å². The third-order valence-electron chi connectivity index (χ3n) is 8.07. The van der Waals surface area contributed by atoms with Crippen LogP contribution in [0.1, 0.15) is 0 Å². The van der Waals surface area contributed by atoms with Crippen molar-refractivity contribution in [1.29, 1.82) is 0 Å². The smallest absolute Gasteiger partial charge is 0.215 e. The Morgan fingerprint density at radius 3 is 1.85 bits per heavy atom. The minimum absolute atomic E-state index is 0.776. The number of hydrogen-bond donors (Lipinski definition) is 0. The predicted molar refractivity (Wildman–Crippen MR) is 166 cm³/mol. The minimum Gasteiger partial charge on any atom is -0.439 e. The Bertz CT molecular complexity index is 2390. The zero-order chi connectivity index (χ0) is 26.9. The first-order valence-corrected chi connectivity index (χ1v) is 13.7. The maximum absolute atomic E-state index is 6.41. The lowest BCUT2D eigenvalue weighted by Gasteiger charge is -2.12. The summed E-state index contributed by atoms with van der Waals surface area (Å²) < 4.78 is 10.9. The van der Waals surface area contributed by atoms with E-state index in [-0.39, 0.29) is 0 Å². The number of furan rings is 1. The zero-order valence-electron chi connectivity index (χ0n) is 21.9. The number of hydrogen-bond acceptors (Lipinski definition) is 3. The molecule has 0 aliphatic heterocycles. The van der Waals surface area contributed by atoms with Crippen molar-refractivity contribution in [1.82, 2.24) is 19.1 Å². The summed E-state index contributed by atoms with van der Waals surface area (Å²) in [5.41, 5.74) is 10.2. The van der Waals surface area contributed by atoms with Gasteiger partial charge in [0, 0.05) is 27.5 Å². The second-order valence-corrected chi connectivity index (χ2v) is 10.3. The van der Waals surface area contributed by atoms with E-state index < -0.39 is 0 Å². The fourth-order valence-electron chi connectivity index (χ4n) is 6.31. The van der Waals surface area contributed by atoms with Gasteiger partial charge >= 0.3 is 0 Å². The lowest BCUT2D eigenvalue weighted by atomic mass is 10.0. The Morgan fingerprint density at radius 1 is 0.537 bits per heavy atom. The molecule has 0 aliphatic rings. The van der Waals surface area contributed by atoms with Gasteiger partial charge in [-0.1, -0.05) is 78.9 Å². The fraction of sp³-hybridized carbons (Fsp3) is 0. The molecular formula is C36H22N4O. The first-order valence-electron chi connectivity index (χ1n) is 13.7. The minimum atomic E-state index is 0.776. The normalized spacial score (nSPS) is 11.9. The van der Waals surface area contributed by atoms with E-state index in [9.17, 15) is 0 Å². The van der Waals surface area contributed by atoms with Gasteiger partial charge in [-0.05, 0) is 53.6 Å². The van der Waals surface area contributed by atoms with Crippen LogP contribution in [0, 0.1) is 0 Å². The lowest BCUT2D eigenvalue weighted by molar-refractivity contribution is 0.645. The van der Waals surface area contributed by atoms with Gasteiger partial charge in [0.1, 0.15) is 17.4 Å². The quantitative estimate of drug-likeness (QED) is 0.231. The van der Waals surface area contributed by atoms with Crippen molar-refractivity contribution in [2.75, 3.05) is 0 Å². The molecule has 5 nitrogen and oxygen atoms in total. The number of fused-ring (bicyclic) bond motifs is 8. The van der Waals surface area contributed by atoms with Crippen LogP contribution in [0.4, 0.5) is 0 Å². The highest BCUT2D eigenvalue weighted by atomic mass is 16.3. The van der Waals surface area contributed by atoms with Crippen LogP contribution in [-0.2, 0) is 0 Å². The molecule has 0 atom stereocenters. The Hall–Kier alpha value is -5.68. The molecule has 9 aromatic rings. The van der Waals surface area contributed by atoms with Crippen molar-refractivity contribution in [3.05, 3.63) is 134 Å². The summed E-state index contributed by atoms with van der Waals surface area (Å²) in [6.07, 6.45) is 3.46. The monoisotopic (exact) mass is 526 g/mol. The molecule has 0 N–H and O–H groups in total. The van der Waals surface area contributed by atoms with Gasteiger partial charge in [0.25, 0.3) is 0 Å². The van der Waals surface area contributed by atoms with Gasteiger partial charge in [-0.25, -0.2) is 9.97 Å².